The molecule has 0 aliphatic rings. The number of fused-ring (bicyclic) bond motifs is 1. The van der Waals surface area contributed by atoms with Crippen molar-refractivity contribution in [2.75, 3.05) is 14.2 Å². The molecule has 0 fully saturated rings. The maximum absolute atomic E-state index is 13.7. The third-order valence-corrected chi connectivity index (χ3v) is 5.66. The van der Waals surface area contributed by atoms with E-state index in [4.69, 9.17) is 44.3 Å². The summed E-state index contributed by atoms with van der Waals surface area (Å²) in [7, 11) is 2.95. The fourth-order valence-corrected chi connectivity index (χ4v) is 4.41. The maximum Gasteiger partial charge on any atom is 0.436 e. The van der Waals surface area contributed by atoms with E-state index in [1.807, 2.05) is 0 Å². The van der Waals surface area contributed by atoms with Gasteiger partial charge in [-0.25, -0.2) is 9.67 Å². The number of hydrogen-bond acceptors (Lipinski definition) is 5. The Kier molecular flexibility index (Phi) is 6.41. The first-order valence-corrected chi connectivity index (χ1v) is 10.6. The third-order valence-electron chi connectivity index (χ3n) is 4.87. The molecule has 0 aliphatic carbocycles. The maximum atomic E-state index is 13.7. The summed E-state index contributed by atoms with van der Waals surface area (Å²) >= 11 is 18.4. The number of nitrogens with one attached hydrogen (secondary N) is 1. The third kappa shape index (κ3) is 4.40. The van der Waals surface area contributed by atoms with E-state index in [0.717, 1.165) is 4.68 Å². The highest BCUT2D eigenvalue weighted by Crippen LogP contribution is 2.37. The predicted octanol–water partition coefficient (Wildman–Crippen LogP) is 5.70. The van der Waals surface area contributed by atoms with E-state index in [0.29, 0.717) is 17.1 Å². The SMILES string of the molecule is COc1ccc(Cc2nc3c(c(C(F)(F)F)nn3-c3c(Cl)cc(Cl)cc3Cl)c(=O)[nH]2)cc1OC. The Morgan fingerprint density at radius 3 is 2.26 bits per heavy atom. The zero-order valence-electron chi connectivity index (χ0n) is 17.4. The van der Waals surface area contributed by atoms with Gasteiger partial charge in [-0.1, -0.05) is 40.9 Å². The summed E-state index contributed by atoms with van der Waals surface area (Å²) in [5.74, 6) is 1.01. The Labute approximate surface area is 205 Å². The van der Waals surface area contributed by atoms with Crippen LogP contribution in [0, 0.1) is 0 Å². The van der Waals surface area contributed by atoms with E-state index in [2.05, 4.69) is 15.1 Å². The molecular weight excluding hydrogens is 520 g/mol. The number of aromatic amines is 1. The minimum absolute atomic E-state index is 0.0696. The zero-order chi connectivity index (χ0) is 24.8. The molecule has 0 amide bonds. The van der Waals surface area contributed by atoms with E-state index in [1.165, 1.54) is 26.4 Å². The Balaban J connectivity index is 1.94. The van der Waals surface area contributed by atoms with Crippen LogP contribution < -0.4 is 15.0 Å². The van der Waals surface area contributed by atoms with E-state index in [9.17, 15) is 18.0 Å². The van der Waals surface area contributed by atoms with Gasteiger partial charge in [0.1, 0.15) is 16.9 Å². The molecule has 4 aromatic rings. The van der Waals surface area contributed by atoms with Gasteiger partial charge in [0, 0.05) is 11.4 Å². The second-order valence-electron chi connectivity index (χ2n) is 7.05. The van der Waals surface area contributed by atoms with Gasteiger partial charge in [-0.3, -0.25) is 4.79 Å². The summed E-state index contributed by atoms with van der Waals surface area (Å²) in [6.07, 6.45) is -4.87. The number of aromatic nitrogens is 4. The van der Waals surface area contributed by atoms with Crippen molar-refractivity contribution < 1.29 is 22.6 Å². The molecule has 2 aromatic heterocycles. The standard InChI is InChI=1S/C21H14Cl3F3N4O3/c1-33-13-4-3-9(5-14(13)34-2)6-15-28-19-16(20(32)29-15)18(21(25,26)27)30-31(19)17-11(23)7-10(22)8-12(17)24/h3-5,7-8H,6H2,1-2H3,(H,28,29,32). The number of rotatable bonds is 5. The van der Waals surface area contributed by atoms with E-state index in [1.54, 1.807) is 18.2 Å². The van der Waals surface area contributed by atoms with Gasteiger partial charge >= 0.3 is 6.18 Å². The second-order valence-corrected chi connectivity index (χ2v) is 8.30. The van der Waals surface area contributed by atoms with Crippen LogP contribution in [-0.2, 0) is 12.6 Å². The molecule has 0 radical (unpaired) electrons. The summed E-state index contributed by atoms with van der Waals surface area (Å²) in [5.41, 5.74) is -2.23. The van der Waals surface area contributed by atoms with Gasteiger partial charge in [0.15, 0.2) is 22.8 Å². The highest BCUT2D eigenvalue weighted by atomic mass is 35.5. The van der Waals surface area contributed by atoms with Crippen LogP contribution in [0.5, 0.6) is 11.5 Å². The van der Waals surface area contributed by atoms with Crippen LogP contribution in [0.1, 0.15) is 17.1 Å². The Morgan fingerprint density at radius 1 is 1.03 bits per heavy atom. The lowest BCUT2D eigenvalue weighted by Crippen LogP contribution is -2.16. The quantitative estimate of drug-likeness (QED) is 0.356. The van der Waals surface area contributed by atoms with Gasteiger partial charge in [-0.05, 0) is 29.8 Å². The van der Waals surface area contributed by atoms with Gasteiger partial charge in [-0.2, -0.15) is 18.3 Å². The Hall–Kier alpha value is -2.95. The molecule has 178 valence electrons. The van der Waals surface area contributed by atoms with Crippen LogP contribution in [0.15, 0.2) is 35.1 Å². The summed E-state index contributed by atoms with van der Waals surface area (Å²) in [6, 6.07) is 7.61. The normalized spacial score (nSPS) is 11.8. The number of H-pyrrole nitrogens is 1. The average molecular weight is 534 g/mol. The molecule has 2 aromatic carbocycles. The largest absolute Gasteiger partial charge is 0.493 e. The van der Waals surface area contributed by atoms with Crippen molar-refractivity contribution in [1.29, 1.82) is 0 Å². The number of benzene rings is 2. The van der Waals surface area contributed by atoms with Crippen molar-refractivity contribution in [3.05, 3.63) is 72.8 Å². The molecule has 1 N–H and O–H groups in total. The lowest BCUT2D eigenvalue weighted by atomic mass is 10.1. The van der Waals surface area contributed by atoms with Gasteiger partial charge in [0.05, 0.1) is 24.3 Å². The molecule has 0 saturated heterocycles. The number of nitrogens with zero attached hydrogens (tertiary/aromatic N) is 3. The van der Waals surface area contributed by atoms with Crippen molar-refractivity contribution in [2.45, 2.75) is 12.6 Å². The molecule has 34 heavy (non-hydrogen) atoms. The highest BCUT2D eigenvalue weighted by Gasteiger charge is 2.39. The number of halogens is 6. The van der Waals surface area contributed by atoms with Gasteiger partial charge in [-0.15, -0.1) is 0 Å². The monoisotopic (exact) mass is 532 g/mol. The lowest BCUT2D eigenvalue weighted by Gasteiger charge is -2.10. The first kappa shape index (κ1) is 24.2. The molecule has 13 heteroatoms. The second kappa shape index (κ2) is 9.01. The van der Waals surface area contributed by atoms with Crippen LogP contribution in [0.2, 0.25) is 15.1 Å². The van der Waals surface area contributed by atoms with Gasteiger partial charge < -0.3 is 14.5 Å². The molecule has 0 bridgehead atoms. The van der Waals surface area contributed by atoms with E-state index >= 15 is 0 Å². The topological polar surface area (TPSA) is 82.0 Å². The van der Waals surface area contributed by atoms with Crippen molar-refractivity contribution in [1.82, 2.24) is 19.7 Å². The molecule has 0 unspecified atom stereocenters. The molecule has 0 aliphatic heterocycles. The molecule has 7 nitrogen and oxygen atoms in total. The van der Waals surface area contributed by atoms with Crippen molar-refractivity contribution in [3.63, 3.8) is 0 Å². The van der Waals surface area contributed by atoms with Crippen molar-refractivity contribution in [2.24, 2.45) is 0 Å². The summed E-state index contributed by atoms with van der Waals surface area (Å²) in [5, 5.41) is 2.89. The Morgan fingerprint density at radius 2 is 1.68 bits per heavy atom. The van der Waals surface area contributed by atoms with Crippen LogP contribution >= 0.6 is 34.8 Å². The first-order valence-electron chi connectivity index (χ1n) is 9.48. The highest BCUT2D eigenvalue weighted by molar-refractivity contribution is 6.40. The fraction of sp³-hybridized carbons (Fsp3) is 0.190. The predicted molar refractivity (Wildman–Crippen MR) is 122 cm³/mol. The number of methoxy groups -OCH3 is 2. The van der Waals surface area contributed by atoms with Crippen molar-refractivity contribution >= 4 is 45.8 Å². The van der Waals surface area contributed by atoms with Crippen LogP contribution in [0.3, 0.4) is 0 Å². The Bertz CT molecular complexity index is 1440. The van der Waals surface area contributed by atoms with Gasteiger partial charge in [0.25, 0.3) is 5.56 Å². The number of ether oxygens (including phenoxy) is 2. The van der Waals surface area contributed by atoms with Crippen LogP contribution in [0.4, 0.5) is 13.2 Å². The molecule has 4 rings (SSSR count). The average Bonchev–Trinajstić information content (AvgIpc) is 3.13. The van der Waals surface area contributed by atoms with Crippen molar-refractivity contribution in [3.8, 4) is 17.2 Å². The minimum Gasteiger partial charge on any atom is -0.493 e. The minimum atomic E-state index is -4.94. The molecular formula is C21H14Cl3F3N4O3. The summed E-state index contributed by atoms with van der Waals surface area (Å²) < 4.78 is 52.4. The number of alkyl halides is 3. The summed E-state index contributed by atoms with van der Waals surface area (Å²) in [4.78, 5) is 19.4. The smallest absolute Gasteiger partial charge is 0.436 e. The molecule has 0 saturated carbocycles. The van der Waals surface area contributed by atoms with E-state index < -0.39 is 22.8 Å². The van der Waals surface area contributed by atoms with Gasteiger partial charge in [0.2, 0.25) is 0 Å². The number of hydrogen-bond donors (Lipinski definition) is 1. The van der Waals surface area contributed by atoms with Crippen LogP contribution in [-0.4, -0.2) is 34.0 Å². The first-order chi connectivity index (χ1) is 16.0. The molecule has 0 atom stereocenters. The lowest BCUT2D eigenvalue weighted by molar-refractivity contribution is -0.140. The van der Waals surface area contributed by atoms with Crippen LogP contribution in [0.25, 0.3) is 16.7 Å². The molecule has 2 heterocycles. The van der Waals surface area contributed by atoms with E-state index in [-0.39, 0.29) is 38.6 Å². The zero-order valence-corrected chi connectivity index (χ0v) is 19.7. The summed E-state index contributed by atoms with van der Waals surface area (Å²) in [6.45, 7) is 0. The molecule has 0 spiro atoms. The fourth-order valence-electron chi connectivity index (χ4n) is 3.43.